The van der Waals surface area contributed by atoms with Gasteiger partial charge in [0.05, 0.1) is 30.6 Å². The smallest absolute Gasteiger partial charge is 0.252 e. The van der Waals surface area contributed by atoms with Crippen molar-refractivity contribution in [1.29, 1.82) is 0 Å². The van der Waals surface area contributed by atoms with Crippen LogP contribution in [0.5, 0.6) is 0 Å². The van der Waals surface area contributed by atoms with Crippen molar-refractivity contribution in [3.63, 3.8) is 0 Å². The Bertz CT molecular complexity index is 1090. The number of benzene rings is 1. The number of amides is 1. The van der Waals surface area contributed by atoms with Crippen LogP contribution in [0.4, 0.5) is 0 Å². The van der Waals surface area contributed by atoms with E-state index in [2.05, 4.69) is 27.5 Å². The lowest BCUT2D eigenvalue weighted by Crippen LogP contribution is -2.34. The maximum Gasteiger partial charge on any atom is 0.252 e. The van der Waals surface area contributed by atoms with Crippen LogP contribution >= 0.6 is 0 Å². The highest BCUT2D eigenvalue weighted by molar-refractivity contribution is 5.96. The summed E-state index contributed by atoms with van der Waals surface area (Å²) in [6.45, 7) is 1.07. The molecule has 0 radical (unpaired) electrons. The molecule has 1 unspecified atom stereocenters. The van der Waals surface area contributed by atoms with Gasteiger partial charge in [0.1, 0.15) is 5.76 Å². The third-order valence-corrected chi connectivity index (χ3v) is 4.86. The number of rotatable bonds is 7. The molecule has 148 valence electrons. The van der Waals surface area contributed by atoms with Gasteiger partial charge < -0.3 is 9.73 Å². The number of aromatic nitrogens is 3. The first kappa shape index (κ1) is 18.9. The van der Waals surface area contributed by atoms with E-state index in [1.807, 2.05) is 60.1 Å². The lowest BCUT2D eigenvalue weighted by Gasteiger charge is -2.22. The van der Waals surface area contributed by atoms with E-state index in [0.29, 0.717) is 18.7 Å². The molecule has 29 heavy (non-hydrogen) atoms. The molecule has 1 aromatic carbocycles. The van der Waals surface area contributed by atoms with Gasteiger partial charge in [0.15, 0.2) is 5.65 Å². The first-order chi connectivity index (χ1) is 14.1. The molecule has 1 atom stereocenters. The maximum atomic E-state index is 12.7. The van der Waals surface area contributed by atoms with Crippen LogP contribution in [-0.4, -0.2) is 46.2 Å². The molecule has 0 aliphatic rings. The number of fused-ring (bicyclic) bond motifs is 1. The van der Waals surface area contributed by atoms with E-state index >= 15 is 0 Å². The molecule has 0 spiro atoms. The number of pyridine rings is 1. The van der Waals surface area contributed by atoms with Crippen LogP contribution in [0.15, 0.2) is 71.6 Å². The average Bonchev–Trinajstić information content (AvgIpc) is 3.39. The van der Waals surface area contributed by atoms with Crippen molar-refractivity contribution in [1.82, 2.24) is 25.0 Å². The molecule has 1 amide bonds. The molecule has 1 N–H and O–H groups in total. The summed E-state index contributed by atoms with van der Waals surface area (Å²) in [6.07, 6.45) is 4.98. The van der Waals surface area contributed by atoms with Gasteiger partial charge in [-0.3, -0.25) is 9.69 Å². The zero-order valence-electron chi connectivity index (χ0n) is 16.4. The molecule has 3 heterocycles. The molecule has 0 saturated heterocycles. The number of carbonyl (C=O) groups excluding carboxylic acids is 1. The zero-order valence-corrected chi connectivity index (χ0v) is 16.4. The molecule has 0 fully saturated rings. The zero-order chi connectivity index (χ0) is 20.2. The van der Waals surface area contributed by atoms with Crippen LogP contribution in [0.3, 0.4) is 0 Å². The van der Waals surface area contributed by atoms with Gasteiger partial charge in [0, 0.05) is 18.1 Å². The molecular weight excluding hydrogens is 366 g/mol. The normalized spacial score (nSPS) is 12.4. The summed E-state index contributed by atoms with van der Waals surface area (Å²) >= 11 is 0. The quantitative estimate of drug-likeness (QED) is 0.526. The minimum absolute atomic E-state index is 0.0423. The third-order valence-electron chi connectivity index (χ3n) is 4.86. The van der Waals surface area contributed by atoms with Crippen LogP contribution in [0.1, 0.15) is 27.7 Å². The molecule has 7 heteroatoms. The summed E-state index contributed by atoms with van der Waals surface area (Å²) in [5.41, 5.74) is 2.41. The Hall–Kier alpha value is -3.45. The topological polar surface area (TPSA) is 76.2 Å². The molecule has 7 nitrogen and oxygen atoms in total. The standard InChI is InChI=1S/C22H23N5O2/c1-26(2)19(20-9-6-10-29-20)14-24-22(28)18-11-17-13-25-27(21(17)23-12-18)15-16-7-4-3-5-8-16/h3-13,19H,14-15H2,1-2H3,(H,24,28). The number of carbonyl (C=O) groups is 1. The maximum absolute atomic E-state index is 12.7. The predicted molar refractivity (Wildman–Crippen MR) is 111 cm³/mol. The SMILES string of the molecule is CN(C)C(CNC(=O)c1cnc2c(cnn2Cc2ccccc2)c1)c1ccco1. The largest absolute Gasteiger partial charge is 0.468 e. The fourth-order valence-corrected chi connectivity index (χ4v) is 3.28. The van der Waals surface area contributed by atoms with Crippen LogP contribution in [0.2, 0.25) is 0 Å². The van der Waals surface area contributed by atoms with Crippen molar-refractivity contribution in [3.8, 4) is 0 Å². The summed E-state index contributed by atoms with van der Waals surface area (Å²) in [5, 5.41) is 8.23. The second-order valence-electron chi connectivity index (χ2n) is 7.13. The molecular formula is C22H23N5O2. The summed E-state index contributed by atoms with van der Waals surface area (Å²) in [6, 6.07) is 15.6. The highest BCUT2D eigenvalue weighted by Gasteiger charge is 2.19. The Balaban J connectivity index is 1.47. The highest BCUT2D eigenvalue weighted by Crippen LogP contribution is 2.18. The molecule has 0 saturated carbocycles. The Kier molecular flexibility index (Phi) is 5.39. The van der Waals surface area contributed by atoms with E-state index in [9.17, 15) is 4.79 Å². The van der Waals surface area contributed by atoms with E-state index in [1.165, 1.54) is 0 Å². The van der Waals surface area contributed by atoms with Gasteiger partial charge in [-0.05, 0) is 37.9 Å². The van der Waals surface area contributed by atoms with Crippen LogP contribution in [0.25, 0.3) is 11.0 Å². The summed E-state index contributed by atoms with van der Waals surface area (Å²) < 4.78 is 7.33. The number of nitrogens with zero attached hydrogens (tertiary/aromatic N) is 4. The van der Waals surface area contributed by atoms with Crippen LogP contribution < -0.4 is 5.32 Å². The van der Waals surface area contributed by atoms with Crippen molar-refractivity contribution in [2.24, 2.45) is 0 Å². The lowest BCUT2D eigenvalue weighted by atomic mass is 10.2. The fraction of sp³-hybridized carbons (Fsp3) is 0.227. The molecule has 0 bridgehead atoms. The van der Waals surface area contributed by atoms with Crippen molar-refractivity contribution >= 4 is 16.9 Å². The molecule has 0 aliphatic heterocycles. The first-order valence-corrected chi connectivity index (χ1v) is 9.45. The number of likely N-dealkylation sites (N-methyl/N-ethyl adjacent to an activating group) is 1. The van der Waals surface area contributed by atoms with Gasteiger partial charge in [-0.1, -0.05) is 30.3 Å². The summed E-state index contributed by atoms with van der Waals surface area (Å²) in [4.78, 5) is 19.1. The Labute approximate surface area is 169 Å². The molecule has 3 aromatic heterocycles. The highest BCUT2D eigenvalue weighted by atomic mass is 16.3. The predicted octanol–water partition coefficient (Wildman–Crippen LogP) is 3.11. The van der Waals surface area contributed by atoms with Gasteiger partial charge in [-0.25, -0.2) is 9.67 Å². The minimum atomic E-state index is -0.173. The second kappa shape index (κ2) is 8.28. The van der Waals surface area contributed by atoms with Crippen molar-refractivity contribution in [2.45, 2.75) is 12.6 Å². The van der Waals surface area contributed by atoms with Crippen molar-refractivity contribution < 1.29 is 9.21 Å². The number of hydrogen-bond acceptors (Lipinski definition) is 5. The summed E-state index contributed by atoms with van der Waals surface area (Å²) in [7, 11) is 3.90. The Morgan fingerprint density at radius 1 is 1.17 bits per heavy atom. The van der Waals surface area contributed by atoms with Gasteiger partial charge >= 0.3 is 0 Å². The molecule has 4 rings (SSSR count). The Morgan fingerprint density at radius 3 is 2.72 bits per heavy atom. The Morgan fingerprint density at radius 2 is 2.00 bits per heavy atom. The van der Waals surface area contributed by atoms with E-state index in [0.717, 1.165) is 22.4 Å². The monoisotopic (exact) mass is 389 g/mol. The van der Waals surface area contributed by atoms with E-state index in [-0.39, 0.29) is 11.9 Å². The number of nitrogens with one attached hydrogen (secondary N) is 1. The van der Waals surface area contributed by atoms with Gasteiger partial charge in [0.2, 0.25) is 0 Å². The van der Waals surface area contributed by atoms with Crippen molar-refractivity contribution in [2.75, 3.05) is 20.6 Å². The van der Waals surface area contributed by atoms with Gasteiger partial charge in [0.25, 0.3) is 5.91 Å². The summed E-state index contributed by atoms with van der Waals surface area (Å²) in [5.74, 6) is 0.639. The van der Waals surface area contributed by atoms with Gasteiger partial charge in [-0.15, -0.1) is 0 Å². The van der Waals surface area contributed by atoms with Crippen molar-refractivity contribution in [3.05, 3.63) is 84.1 Å². The number of hydrogen-bond donors (Lipinski definition) is 1. The van der Waals surface area contributed by atoms with E-state index in [4.69, 9.17) is 4.42 Å². The fourth-order valence-electron chi connectivity index (χ4n) is 3.28. The van der Waals surface area contributed by atoms with E-state index in [1.54, 1.807) is 18.7 Å². The number of furan rings is 1. The van der Waals surface area contributed by atoms with Gasteiger partial charge in [-0.2, -0.15) is 5.10 Å². The van der Waals surface area contributed by atoms with Crippen LogP contribution in [-0.2, 0) is 6.54 Å². The molecule has 0 aliphatic carbocycles. The van der Waals surface area contributed by atoms with E-state index < -0.39 is 0 Å². The average molecular weight is 389 g/mol. The lowest BCUT2D eigenvalue weighted by molar-refractivity contribution is 0.0939. The third kappa shape index (κ3) is 4.20. The first-order valence-electron chi connectivity index (χ1n) is 9.45. The van der Waals surface area contributed by atoms with Crippen LogP contribution in [0, 0.1) is 0 Å². The second-order valence-corrected chi connectivity index (χ2v) is 7.13. The minimum Gasteiger partial charge on any atom is -0.468 e. The molecule has 4 aromatic rings.